The number of hydrogen-bond acceptors (Lipinski definition) is 3. The van der Waals surface area contributed by atoms with Crippen molar-refractivity contribution >= 4 is 6.03 Å². The van der Waals surface area contributed by atoms with Gasteiger partial charge >= 0.3 is 6.03 Å². The van der Waals surface area contributed by atoms with Gasteiger partial charge in [-0.05, 0) is 43.6 Å². The molecule has 23 heavy (non-hydrogen) atoms. The predicted octanol–water partition coefficient (Wildman–Crippen LogP) is 2.21. The van der Waals surface area contributed by atoms with Crippen LogP contribution in [0.5, 0.6) is 0 Å². The van der Waals surface area contributed by atoms with E-state index in [0.717, 1.165) is 38.9 Å². The number of nitrogens with zero attached hydrogens (tertiary/aromatic N) is 3. The minimum absolute atomic E-state index is 0.0849. The Morgan fingerprint density at radius 2 is 2.13 bits per heavy atom. The first-order valence-electron chi connectivity index (χ1n) is 8.68. The summed E-state index contributed by atoms with van der Waals surface area (Å²) in [5, 5.41) is 7.48. The number of ether oxygens (including phenoxy) is 1. The molecular weight excluding hydrogens is 292 g/mol. The molecule has 0 radical (unpaired) electrons. The Morgan fingerprint density at radius 3 is 2.74 bits per heavy atom. The molecule has 6 nitrogen and oxygen atoms in total. The van der Waals surface area contributed by atoms with Crippen LogP contribution >= 0.6 is 0 Å². The standard InChI is InChI=1S/C17H28N4O2/c1-4-5-18-17(22)20-10-13-6-15(21-9-12(2)8-19-21)16(23-3)7-14(13)11-20/h8-9,13-16H,4-7,10-11H2,1-3H3,(H,18,22)/t13-,14+,15-,16-/m0/s1. The summed E-state index contributed by atoms with van der Waals surface area (Å²) in [4.78, 5) is 14.2. The van der Waals surface area contributed by atoms with Crippen molar-refractivity contribution in [1.82, 2.24) is 20.0 Å². The van der Waals surface area contributed by atoms with Crippen LogP contribution in [0.3, 0.4) is 0 Å². The van der Waals surface area contributed by atoms with Crippen LogP contribution in [0.1, 0.15) is 37.8 Å². The highest BCUT2D eigenvalue weighted by Gasteiger charge is 2.44. The predicted molar refractivity (Wildman–Crippen MR) is 88.3 cm³/mol. The Balaban J connectivity index is 1.67. The number of amides is 2. The fraction of sp³-hybridized carbons (Fsp3) is 0.765. The van der Waals surface area contributed by atoms with Crippen molar-refractivity contribution in [2.75, 3.05) is 26.7 Å². The molecule has 2 fully saturated rings. The SMILES string of the molecule is CCCNC(=O)N1C[C@H]2C[C@H](OC)[C@@H](n3cc(C)cn3)C[C@H]2C1. The maximum absolute atomic E-state index is 12.2. The summed E-state index contributed by atoms with van der Waals surface area (Å²) in [7, 11) is 1.79. The third-order valence-corrected chi connectivity index (χ3v) is 5.27. The fourth-order valence-corrected chi connectivity index (χ4v) is 4.05. The molecule has 128 valence electrons. The number of aryl methyl sites for hydroxylation is 1. The molecule has 0 unspecified atom stereocenters. The van der Waals surface area contributed by atoms with E-state index < -0.39 is 0 Å². The first-order chi connectivity index (χ1) is 11.1. The second-order valence-electron chi connectivity index (χ2n) is 6.97. The van der Waals surface area contributed by atoms with Gasteiger partial charge in [0.1, 0.15) is 0 Å². The third kappa shape index (κ3) is 3.37. The lowest BCUT2D eigenvalue weighted by molar-refractivity contribution is -0.00487. The molecule has 2 amide bonds. The minimum atomic E-state index is 0.0849. The van der Waals surface area contributed by atoms with E-state index in [0.29, 0.717) is 11.8 Å². The van der Waals surface area contributed by atoms with Gasteiger partial charge in [-0.1, -0.05) is 6.92 Å². The summed E-state index contributed by atoms with van der Waals surface area (Å²) >= 11 is 0. The molecule has 0 bridgehead atoms. The molecule has 6 heteroatoms. The molecule has 1 saturated heterocycles. The van der Waals surface area contributed by atoms with E-state index in [1.807, 2.05) is 11.1 Å². The highest BCUT2D eigenvalue weighted by molar-refractivity contribution is 5.74. The Kier molecular flexibility index (Phi) is 4.90. The first kappa shape index (κ1) is 16.3. The van der Waals surface area contributed by atoms with Gasteiger partial charge in [0.2, 0.25) is 0 Å². The Labute approximate surface area is 138 Å². The van der Waals surface area contributed by atoms with Crippen LogP contribution in [0.4, 0.5) is 4.79 Å². The largest absolute Gasteiger partial charge is 0.379 e. The first-order valence-corrected chi connectivity index (χ1v) is 8.68. The van der Waals surface area contributed by atoms with Crippen LogP contribution in [0.15, 0.2) is 12.4 Å². The summed E-state index contributed by atoms with van der Waals surface area (Å²) < 4.78 is 7.81. The summed E-state index contributed by atoms with van der Waals surface area (Å²) in [6.07, 6.45) is 7.17. The molecule has 0 spiro atoms. The molecular formula is C17H28N4O2. The van der Waals surface area contributed by atoms with Crippen molar-refractivity contribution in [2.45, 2.75) is 45.3 Å². The van der Waals surface area contributed by atoms with E-state index in [-0.39, 0.29) is 18.2 Å². The highest BCUT2D eigenvalue weighted by atomic mass is 16.5. The molecule has 1 aromatic heterocycles. The molecule has 2 heterocycles. The number of fused-ring (bicyclic) bond motifs is 1. The minimum Gasteiger partial charge on any atom is -0.379 e. The number of urea groups is 1. The zero-order valence-corrected chi connectivity index (χ0v) is 14.4. The molecule has 1 saturated carbocycles. The van der Waals surface area contributed by atoms with Crippen molar-refractivity contribution in [3.05, 3.63) is 18.0 Å². The molecule has 0 aromatic carbocycles. The second kappa shape index (κ2) is 6.91. The van der Waals surface area contributed by atoms with Gasteiger partial charge in [-0.15, -0.1) is 0 Å². The maximum atomic E-state index is 12.2. The average Bonchev–Trinajstić information content (AvgIpc) is 3.16. The van der Waals surface area contributed by atoms with Crippen LogP contribution in [-0.2, 0) is 4.74 Å². The average molecular weight is 320 g/mol. The van der Waals surface area contributed by atoms with Crippen LogP contribution in [0, 0.1) is 18.8 Å². The van der Waals surface area contributed by atoms with Crippen LogP contribution in [0.2, 0.25) is 0 Å². The van der Waals surface area contributed by atoms with Crippen LogP contribution < -0.4 is 5.32 Å². The molecule has 1 N–H and O–H groups in total. The summed E-state index contributed by atoms with van der Waals surface area (Å²) in [5.74, 6) is 1.09. The number of aromatic nitrogens is 2. The normalized spacial score (nSPS) is 30.3. The van der Waals surface area contributed by atoms with E-state index >= 15 is 0 Å². The van der Waals surface area contributed by atoms with Crippen molar-refractivity contribution in [3.63, 3.8) is 0 Å². The zero-order chi connectivity index (χ0) is 16.4. The number of rotatable bonds is 4. The molecule has 4 atom stereocenters. The molecule has 3 rings (SSSR count). The van der Waals surface area contributed by atoms with Crippen molar-refractivity contribution in [1.29, 1.82) is 0 Å². The fourth-order valence-electron chi connectivity index (χ4n) is 4.05. The van der Waals surface area contributed by atoms with Gasteiger partial charge in [0.05, 0.1) is 18.3 Å². The Hall–Kier alpha value is -1.56. The second-order valence-corrected chi connectivity index (χ2v) is 6.97. The van der Waals surface area contributed by atoms with E-state index in [4.69, 9.17) is 4.74 Å². The van der Waals surface area contributed by atoms with E-state index in [1.54, 1.807) is 7.11 Å². The summed E-state index contributed by atoms with van der Waals surface area (Å²) in [5.41, 5.74) is 1.17. The van der Waals surface area contributed by atoms with Crippen molar-refractivity contribution in [2.24, 2.45) is 11.8 Å². The van der Waals surface area contributed by atoms with E-state index in [9.17, 15) is 4.79 Å². The smallest absolute Gasteiger partial charge is 0.317 e. The Bertz CT molecular complexity index is 544. The number of hydrogen-bond donors (Lipinski definition) is 1. The van der Waals surface area contributed by atoms with Gasteiger partial charge in [-0.2, -0.15) is 5.10 Å². The summed E-state index contributed by atoms with van der Waals surface area (Å²) in [6, 6.07) is 0.357. The van der Waals surface area contributed by atoms with Crippen LogP contribution in [0.25, 0.3) is 0 Å². The Morgan fingerprint density at radius 1 is 1.39 bits per heavy atom. The lowest BCUT2D eigenvalue weighted by Crippen LogP contribution is -2.39. The van der Waals surface area contributed by atoms with Crippen molar-refractivity contribution in [3.8, 4) is 0 Å². The van der Waals surface area contributed by atoms with Gasteiger partial charge in [0, 0.05) is 32.9 Å². The molecule has 1 aliphatic carbocycles. The van der Waals surface area contributed by atoms with Crippen molar-refractivity contribution < 1.29 is 9.53 Å². The number of carbonyl (C=O) groups is 1. The topological polar surface area (TPSA) is 59.4 Å². The number of carbonyl (C=O) groups excluding carboxylic acids is 1. The third-order valence-electron chi connectivity index (χ3n) is 5.27. The molecule has 1 aliphatic heterocycles. The van der Waals surface area contributed by atoms with Gasteiger partial charge in [-0.3, -0.25) is 4.68 Å². The van der Waals surface area contributed by atoms with Gasteiger partial charge in [-0.25, -0.2) is 4.79 Å². The lowest BCUT2D eigenvalue weighted by atomic mass is 9.77. The van der Waals surface area contributed by atoms with Gasteiger partial charge in [0.25, 0.3) is 0 Å². The van der Waals surface area contributed by atoms with E-state index in [1.165, 1.54) is 5.56 Å². The molecule has 1 aromatic rings. The molecule has 2 aliphatic rings. The lowest BCUT2D eigenvalue weighted by Gasteiger charge is -2.37. The number of nitrogens with one attached hydrogen (secondary N) is 1. The summed E-state index contributed by atoms with van der Waals surface area (Å²) in [6.45, 7) is 6.59. The van der Waals surface area contributed by atoms with Crippen LogP contribution in [-0.4, -0.2) is 53.6 Å². The van der Waals surface area contributed by atoms with Gasteiger partial charge < -0.3 is 15.0 Å². The number of methoxy groups -OCH3 is 1. The monoisotopic (exact) mass is 320 g/mol. The number of likely N-dealkylation sites (tertiary alicyclic amines) is 1. The quantitative estimate of drug-likeness (QED) is 0.925. The maximum Gasteiger partial charge on any atom is 0.317 e. The zero-order valence-electron chi connectivity index (χ0n) is 14.4. The van der Waals surface area contributed by atoms with E-state index in [2.05, 4.69) is 35.1 Å². The highest BCUT2D eigenvalue weighted by Crippen LogP contribution is 2.42. The van der Waals surface area contributed by atoms with Gasteiger partial charge in [0.15, 0.2) is 0 Å².